The quantitative estimate of drug-likeness (QED) is 0.712. The van der Waals surface area contributed by atoms with E-state index in [9.17, 15) is 8.42 Å². The Kier molecular flexibility index (Phi) is 5.87. The first-order chi connectivity index (χ1) is 8.59. The predicted octanol–water partition coefficient (Wildman–Crippen LogP) is 3.05. The molecule has 1 aromatic rings. The van der Waals surface area contributed by atoms with E-state index >= 15 is 0 Å². The van der Waals surface area contributed by atoms with Crippen molar-refractivity contribution < 1.29 is 8.42 Å². The molecule has 1 rings (SSSR count). The van der Waals surface area contributed by atoms with Crippen LogP contribution in [0.15, 0.2) is 24.3 Å². The highest BCUT2D eigenvalue weighted by Crippen LogP contribution is 2.13. The van der Waals surface area contributed by atoms with Crippen molar-refractivity contribution in [3.63, 3.8) is 0 Å². The molecule has 18 heavy (non-hydrogen) atoms. The van der Waals surface area contributed by atoms with Crippen LogP contribution in [0.25, 0.3) is 0 Å². The highest BCUT2D eigenvalue weighted by molar-refractivity contribution is 7.90. The van der Waals surface area contributed by atoms with Gasteiger partial charge in [0, 0.05) is 0 Å². The second kappa shape index (κ2) is 7.17. The van der Waals surface area contributed by atoms with Gasteiger partial charge >= 0.3 is 0 Å². The molecule has 1 aromatic carbocycles. The van der Waals surface area contributed by atoms with E-state index in [4.69, 9.17) is 5.26 Å². The zero-order valence-corrected chi connectivity index (χ0v) is 11.5. The van der Waals surface area contributed by atoms with Crippen LogP contribution < -0.4 is 0 Å². The van der Waals surface area contributed by atoms with Crippen molar-refractivity contribution in [3.8, 4) is 6.07 Å². The van der Waals surface area contributed by atoms with Gasteiger partial charge in [-0.2, -0.15) is 5.26 Å². The zero-order chi connectivity index (χ0) is 13.4. The summed E-state index contributed by atoms with van der Waals surface area (Å²) in [5, 5.41) is 8.92. The average molecular weight is 265 g/mol. The Morgan fingerprint density at radius 3 is 2.56 bits per heavy atom. The Hall–Kier alpha value is -1.34. The van der Waals surface area contributed by atoms with E-state index in [1.165, 1.54) is 0 Å². The third-order valence-corrected chi connectivity index (χ3v) is 4.48. The number of nitriles is 1. The summed E-state index contributed by atoms with van der Waals surface area (Å²) in [4.78, 5) is 0. The van der Waals surface area contributed by atoms with Gasteiger partial charge in [-0.25, -0.2) is 8.42 Å². The lowest BCUT2D eigenvalue weighted by Gasteiger charge is -2.05. The molecule has 0 saturated heterocycles. The average Bonchev–Trinajstić information content (AvgIpc) is 2.35. The number of unbranched alkanes of at least 4 members (excludes halogenated alkanes) is 3. The van der Waals surface area contributed by atoms with Crippen LogP contribution in [0.5, 0.6) is 0 Å². The summed E-state index contributed by atoms with van der Waals surface area (Å²) in [5.41, 5.74) is 1.06. The summed E-state index contributed by atoms with van der Waals surface area (Å²) in [6.07, 6.45) is 3.84. The minimum Gasteiger partial charge on any atom is -0.228 e. The molecule has 0 aliphatic rings. The van der Waals surface area contributed by atoms with E-state index in [2.05, 4.69) is 6.92 Å². The Morgan fingerprint density at radius 2 is 1.89 bits per heavy atom. The van der Waals surface area contributed by atoms with Crippen molar-refractivity contribution in [1.82, 2.24) is 0 Å². The molecule has 4 heteroatoms. The van der Waals surface area contributed by atoms with Crippen molar-refractivity contribution in [1.29, 1.82) is 5.26 Å². The highest BCUT2D eigenvalue weighted by Gasteiger charge is 2.13. The second-order valence-electron chi connectivity index (χ2n) is 4.42. The molecule has 0 bridgehead atoms. The maximum absolute atomic E-state index is 11.9. The molecule has 0 aromatic heterocycles. The number of rotatable bonds is 7. The van der Waals surface area contributed by atoms with Crippen LogP contribution in [-0.4, -0.2) is 14.2 Å². The van der Waals surface area contributed by atoms with Crippen LogP contribution in [0.4, 0.5) is 0 Å². The van der Waals surface area contributed by atoms with Gasteiger partial charge in [-0.15, -0.1) is 0 Å². The van der Waals surface area contributed by atoms with Gasteiger partial charge in [-0.1, -0.05) is 44.4 Å². The van der Waals surface area contributed by atoms with Gasteiger partial charge in [0.25, 0.3) is 0 Å². The molecule has 0 atom stereocenters. The van der Waals surface area contributed by atoms with E-state index < -0.39 is 9.84 Å². The van der Waals surface area contributed by atoms with Gasteiger partial charge < -0.3 is 0 Å². The molecular formula is C14H19NO2S. The molecule has 0 amide bonds. The molecule has 0 aliphatic heterocycles. The van der Waals surface area contributed by atoms with Gasteiger partial charge in [0.2, 0.25) is 0 Å². The standard InChI is InChI=1S/C14H19NO2S/c1-2-3-4-7-10-18(16,17)12-14-9-6-5-8-13(14)11-15/h5-6,8-9H,2-4,7,10,12H2,1H3. The van der Waals surface area contributed by atoms with Crippen LogP contribution in [0.1, 0.15) is 43.7 Å². The fraction of sp³-hybridized carbons (Fsp3) is 0.500. The summed E-state index contributed by atoms with van der Waals surface area (Å²) in [6, 6.07) is 8.91. The highest BCUT2D eigenvalue weighted by atomic mass is 32.2. The van der Waals surface area contributed by atoms with Crippen molar-refractivity contribution in [3.05, 3.63) is 35.4 Å². The van der Waals surface area contributed by atoms with E-state index in [-0.39, 0.29) is 11.5 Å². The number of hydrogen-bond acceptors (Lipinski definition) is 3. The lowest BCUT2D eigenvalue weighted by molar-refractivity contribution is 0.588. The minimum absolute atomic E-state index is 0.0249. The van der Waals surface area contributed by atoms with Crippen LogP contribution in [0.3, 0.4) is 0 Å². The minimum atomic E-state index is -3.10. The first-order valence-corrected chi connectivity index (χ1v) is 8.09. The molecular weight excluding hydrogens is 246 g/mol. The van der Waals surface area contributed by atoms with Gasteiger partial charge in [0.05, 0.1) is 23.1 Å². The van der Waals surface area contributed by atoms with Crippen molar-refractivity contribution in [2.75, 3.05) is 5.75 Å². The molecule has 0 aliphatic carbocycles. The SMILES string of the molecule is CCCCCCS(=O)(=O)Cc1ccccc1C#N. The van der Waals surface area contributed by atoms with Crippen molar-refractivity contribution >= 4 is 9.84 Å². The Bertz CT molecular complexity index is 515. The second-order valence-corrected chi connectivity index (χ2v) is 6.61. The topological polar surface area (TPSA) is 57.9 Å². The smallest absolute Gasteiger partial charge is 0.154 e. The first-order valence-electron chi connectivity index (χ1n) is 6.27. The van der Waals surface area contributed by atoms with Crippen LogP contribution in [-0.2, 0) is 15.6 Å². The Labute approximate surface area is 109 Å². The van der Waals surface area contributed by atoms with E-state index in [1.807, 2.05) is 6.07 Å². The maximum Gasteiger partial charge on any atom is 0.154 e. The first kappa shape index (κ1) is 14.7. The number of benzene rings is 1. The normalized spacial score (nSPS) is 11.1. The lowest BCUT2D eigenvalue weighted by atomic mass is 10.1. The van der Waals surface area contributed by atoms with E-state index in [1.54, 1.807) is 24.3 Å². The third kappa shape index (κ3) is 4.89. The summed E-state index contributed by atoms with van der Waals surface area (Å²) in [6.45, 7) is 2.09. The van der Waals surface area contributed by atoms with Crippen LogP contribution >= 0.6 is 0 Å². The monoisotopic (exact) mass is 265 g/mol. The Morgan fingerprint density at radius 1 is 1.17 bits per heavy atom. The number of sulfone groups is 1. The molecule has 0 saturated carbocycles. The Balaban J connectivity index is 2.63. The number of nitrogens with zero attached hydrogens (tertiary/aromatic N) is 1. The van der Waals surface area contributed by atoms with Gasteiger partial charge in [-0.05, 0) is 18.1 Å². The molecule has 0 heterocycles. The summed E-state index contributed by atoms with van der Waals surface area (Å²) in [7, 11) is -3.10. The fourth-order valence-corrected chi connectivity index (χ4v) is 3.33. The zero-order valence-electron chi connectivity index (χ0n) is 10.7. The maximum atomic E-state index is 11.9. The molecule has 3 nitrogen and oxygen atoms in total. The van der Waals surface area contributed by atoms with Crippen LogP contribution in [0, 0.1) is 11.3 Å². The van der Waals surface area contributed by atoms with Gasteiger partial charge in [0.15, 0.2) is 9.84 Å². The molecule has 0 N–H and O–H groups in total. The van der Waals surface area contributed by atoms with Crippen molar-refractivity contribution in [2.45, 2.75) is 38.4 Å². The number of hydrogen-bond donors (Lipinski definition) is 0. The van der Waals surface area contributed by atoms with Gasteiger partial charge in [0.1, 0.15) is 0 Å². The fourth-order valence-electron chi connectivity index (χ4n) is 1.81. The van der Waals surface area contributed by atoms with Crippen molar-refractivity contribution in [2.24, 2.45) is 0 Å². The summed E-state index contributed by atoms with van der Waals surface area (Å²) >= 11 is 0. The lowest BCUT2D eigenvalue weighted by Crippen LogP contribution is -2.10. The van der Waals surface area contributed by atoms with E-state index in [0.29, 0.717) is 17.5 Å². The van der Waals surface area contributed by atoms with E-state index in [0.717, 1.165) is 19.3 Å². The summed E-state index contributed by atoms with van der Waals surface area (Å²) in [5.74, 6) is 0.190. The molecule has 98 valence electrons. The molecule has 0 unspecified atom stereocenters. The molecule has 0 spiro atoms. The molecule has 0 fully saturated rings. The largest absolute Gasteiger partial charge is 0.228 e. The predicted molar refractivity (Wildman–Crippen MR) is 72.8 cm³/mol. The molecule has 0 radical (unpaired) electrons. The van der Waals surface area contributed by atoms with Gasteiger partial charge in [-0.3, -0.25) is 0 Å². The van der Waals surface area contributed by atoms with Crippen LogP contribution in [0.2, 0.25) is 0 Å². The summed E-state index contributed by atoms with van der Waals surface area (Å²) < 4.78 is 23.8. The third-order valence-electron chi connectivity index (χ3n) is 2.82.